The Morgan fingerprint density at radius 3 is 2.17 bits per heavy atom. The molecule has 1 saturated heterocycles. The minimum absolute atomic E-state index is 0.230. The summed E-state index contributed by atoms with van der Waals surface area (Å²) < 4.78 is 44.0. The third-order valence-electron chi connectivity index (χ3n) is 7.23. The summed E-state index contributed by atoms with van der Waals surface area (Å²) >= 11 is 0. The molecule has 0 radical (unpaired) electrons. The molecule has 0 N–H and O–H groups in total. The van der Waals surface area contributed by atoms with Gasteiger partial charge in [-0.3, -0.25) is 0 Å². The number of aromatic nitrogens is 1. The molecule has 6 heteroatoms. The molecule has 0 aliphatic carbocycles. The van der Waals surface area contributed by atoms with Gasteiger partial charge in [0.2, 0.25) is 10.0 Å². The maximum Gasteiger partial charge on any atom is 0.243 e. The highest BCUT2D eigenvalue weighted by molar-refractivity contribution is 7.89. The molecule has 0 unspecified atom stereocenters. The van der Waals surface area contributed by atoms with Crippen LogP contribution in [0.5, 0.6) is 0 Å². The van der Waals surface area contributed by atoms with E-state index in [0.717, 1.165) is 35.0 Å². The number of rotatable bonds is 5. The quantitative estimate of drug-likeness (QED) is 0.328. The zero-order valence-electron chi connectivity index (χ0n) is 20.5. The highest BCUT2D eigenvalue weighted by Gasteiger charge is 2.32. The molecule has 0 saturated carbocycles. The van der Waals surface area contributed by atoms with Gasteiger partial charge in [0.05, 0.1) is 4.90 Å². The number of hydrogen-bond donors (Lipinski definition) is 0. The number of nitrogens with zero attached hydrogens (tertiary/aromatic N) is 2. The fraction of sp³-hybridized carbons (Fsp3) is 0.310. The van der Waals surface area contributed by atoms with Crippen LogP contribution >= 0.6 is 0 Å². The first-order valence-electron chi connectivity index (χ1n) is 12.1. The van der Waals surface area contributed by atoms with Gasteiger partial charge in [0.1, 0.15) is 5.82 Å². The lowest BCUT2D eigenvalue weighted by Crippen LogP contribution is -2.38. The smallest absolute Gasteiger partial charge is 0.243 e. The van der Waals surface area contributed by atoms with Crippen LogP contribution in [0.25, 0.3) is 10.9 Å². The molecule has 4 nitrogen and oxygen atoms in total. The van der Waals surface area contributed by atoms with Crippen LogP contribution in [-0.2, 0) is 16.6 Å². The summed E-state index contributed by atoms with van der Waals surface area (Å²) in [7, 11) is -3.51. The van der Waals surface area contributed by atoms with Crippen LogP contribution < -0.4 is 0 Å². The molecule has 1 aromatic heterocycles. The highest BCUT2D eigenvalue weighted by Crippen LogP contribution is 2.38. The van der Waals surface area contributed by atoms with E-state index in [2.05, 4.69) is 29.7 Å². The molecule has 3 aromatic carbocycles. The number of sulfonamides is 1. The lowest BCUT2D eigenvalue weighted by Gasteiger charge is -2.32. The van der Waals surface area contributed by atoms with Crippen molar-refractivity contribution in [3.05, 3.63) is 100 Å². The number of para-hydroxylation sites is 1. The van der Waals surface area contributed by atoms with Crippen LogP contribution in [0.1, 0.15) is 46.7 Å². The normalized spacial score (nSPS) is 15.7. The van der Waals surface area contributed by atoms with Gasteiger partial charge in [0.15, 0.2) is 0 Å². The van der Waals surface area contributed by atoms with Gasteiger partial charge in [-0.15, -0.1) is 0 Å². The van der Waals surface area contributed by atoms with Gasteiger partial charge < -0.3 is 4.57 Å². The second-order valence-electron chi connectivity index (χ2n) is 9.73. The summed E-state index contributed by atoms with van der Waals surface area (Å²) in [6.07, 6.45) is 1.57. The summed E-state index contributed by atoms with van der Waals surface area (Å²) in [4.78, 5) is 0.389. The van der Waals surface area contributed by atoms with Gasteiger partial charge in [0.25, 0.3) is 0 Å². The summed E-state index contributed by atoms with van der Waals surface area (Å²) in [5, 5.41) is 1.22. The molecule has 0 bridgehead atoms. The van der Waals surface area contributed by atoms with Gasteiger partial charge in [0, 0.05) is 36.2 Å². The number of hydrogen-bond acceptors (Lipinski definition) is 2. The van der Waals surface area contributed by atoms with Crippen molar-refractivity contribution in [2.45, 2.75) is 51.0 Å². The lowest BCUT2D eigenvalue weighted by molar-refractivity contribution is 0.319. The van der Waals surface area contributed by atoms with Gasteiger partial charge in [-0.05, 0) is 92.1 Å². The molecule has 35 heavy (non-hydrogen) atoms. The van der Waals surface area contributed by atoms with E-state index in [1.165, 1.54) is 28.8 Å². The van der Waals surface area contributed by atoms with Crippen LogP contribution in [0.3, 0.4) is 0 Å². The molecule has 0 amide bonds. The van der Waals surface area contributed by atoms with E-state index >= 15 is 0 Å². The lowest BCUT2D eigenvalue weighted by atomic mass is 9.88. The molecule has 1 aliphatic rings. The maximum atomic E-state index is 13.4. The zero-order valence-corrected chi connectivity index (χ0v) is 21.3. The van der Waals surface area contributed by atoms with Crippen molar-refractivity contribution in [3.63, 3.8) is 0 Å². The minimum Gasteiger partial charge on any atom is -0.340 e. The molecule has 182 valence electrons. The Morgan fingerprint density at radius 2 is 1.51 bits per heavy atom. The molecule has 0 atom stereocenters. The average molecular weight is 491 g/mol. The molecule has 2 heterocycles. The van der Waals surface area contributed by atoms with E-state index in [9.17, 15) is 12.8 Å². The number of piperidine rings is 1. The van der Waals surface area contributed by atoms with Crippen molar-refractivity contribution in [2.75, 3.05) is 13.1 Å². The topological polar surface area (TPSA) is 42.3 Å². The summed E-state index contributed by atoms with van der Waals surface area (Å²) in [5.41, 5.74) is 6.65. The molecule has 4 aromatic rings. The number of halogens is 1. The first-order valence-corrected chi connectivity index (χ1v) is 13.6. The summed E-state index contributed by atoms with van der Waals surface area (Å²) in [6.45, 7) is 7.71. The largest absolute Gasteiger partial charge is 0.340 e. The van der Waals surface area contributed by atoms with E-state index in [1.54, 1.807) is 16.4 Å². The molecular formula is C29H31FN2O2S. The Hall–Kier alpha value is -2.96. The first kappa shape index (κ1) is 23.8. The number of fused-ring (bicyclic) bond motifs is 1. The number of benzene rings is 3. The highest BCUT2D eigenvalue weighted by atomic mass is 32.2. The van der Waals surface area contributed by atoms with Crippen LogP contribution in [0.2, 0.25) is 0 Å². The van der Waals surface area contributed by atoms with Crippen molar-refractivity contribution in [1.82, 2.24) is 8.87 Å². The van der Waals surface area contributed by atoms with E-state index in [4.69, 9.17) is 0 Å². The number of aryl methyl sites for hydroxylation is 2. The van der Waals surface area contributed by atoms with Crippen LogP contribution in [0.4, 0.5) is 4.39 Å². The van der Waals surface area contributed by atoms with E-state index in [-0.39, 0.29) is 5.82 Å². The Balaban J connectivity index is 1.42. The van der Waals surface area contributed by atoms with Crippen molar-refractivity contribution < 1.29 is 12.8 Å². The Bertz CT molecular complexity index is 1460. The fourth-order valence-electron chi connectivity index (χ4n) is 5.56. The molecule has 0 spiro atoms. The van der Waals surface area contributed by atoms with Crippen LogP contribution in [0, 0.1) is 26.6 Å². The van der Waals surface area contributed by atoms with E-state index < -0.39 is 10.0 Å². The summed E-state index contributed by atoms with van der Waals surface area (Å²) in [6, 6.07) is 20.6. The second kappa shape index (κ2) is 9.25. The van der Waals surface area contributed by atoms with E-state index in [1.807, 2.05) is 38.1 Å². The second-order valence-corrected chi connectivity index (χ2v) is 11.7. The predicted molar refractivity (Wildman–Crippen MR) is 139 cm³/mol. The monoisotopic (exact) mass is 490 g/mol. The van der Waals surface area contributed by atoms with E-state index in [0.29, 0.717) is 30.4 Å². The van der Waals surface area contributed by atoms with Crippen molar-refractivity contribution in [3.8, 4) is 0 Å². The molecule has 1 fully saturated rings. The van der Waals surface area contributed by atoms with Crippen molar-refractivity contribution >= 4 is 20.9 Å². The first-order chi connectivity index (χ1) is 16.7. The molecule has 5 rings (SSSR count). The summed E-state index contributed by atoms with van der Waals surface area (Å²) in [5.74, 6) is 0.0612. The third kappa shape index (κ3) is 4.53. The van der Waals surface area contributed by atoms with Gasteiger partial charge in [-0.2, -0.15) is 4.31 Å². The van der Waals surface area contributed by atoms with Gasteiger partial charge in [-0.1, -0.05) is 36.4 Å². The van der Waals surface area contributed by atoms with Crippen molar-refractivity contribution in [2.24, 2.45) is 0 Å². The SMILES string of the molecule is Cc1cc(C)cc(S(=O)(=O)N2CCC(c3c(C)n(Cc4ccc(F)cc4)c4ccccc34)CC2)c1. The third-order valence-corrected chi connectivity index (χ3v) is 9.11. The molecule has 1 aliphatic heterocycles. The zero-order chi connectivity index (χ0) is 24.7. The van der Waals surface area contributed by atoms with Crippen molar-refractivity contribution in [1.29, 1.82) is 0 Å². The predicted octanol–water partition coefficient (Wildman–Crippen LogP) is 6.32. The van der Waals surface area contributed by atoms with Crippen LogP contribution in [-0.4, -0.2) is 30.4 Å². The average Bonchev–Trinajstić information content (AvgIpc) is 3.11. The Morgan fingerprint density at radius 1 is 0.886 bits per heavy atom. The Kier molecular flexibility index (Phi) is 6.28. The molecular weight excluding hydrogens is 459 g/mol. The van der Waals surface area contributed by atoms with Gasteiger partial charge >= 0.3 is 0 Å². The Labute approximate surface area is 207 Å². The standard InChI is InChI=1S/C29H31FN2O2S/c1-20-16-21(2)18-26(17-20)35(33,34)31-14-12-24(13-15-31)29-22(3)32(28-7-5-4-6-27(28)29)19-23-8-10-25(30)11-9-23/h4-11,16-18,24H,12-15,19H2,1-3H3. The van der Waals surface area contributed by atoms with Gasteiger partial charge in [-0.25, -0.2) is 12.8 Å². The maximum absolute atomic E-state index is 13.4. The minimum atomic E-state index is -3.51. The fourth-order valence-corrected chi connectivity index (χ4v) is 7.22. The van der Waals surface area contributed by atoms with Crippen LogP contribution in [0.15, 0.2) is 71.6 Å².